The van der Waals surface area contributed by atoms with Crippen molar-refractivity contribution >= 4 is 44.4 Å². The van der Waals surface area contributed by atoms with Crippen molar-refractivity contribution in [2.24, 2.45) is 0 Å². The lowest BCUT2D eigenvalue weighted by Gasteiger charge is -2.32. The summed E-state index contributed by atoms with van der Waals surface area (Å²) in [6, 6.07) is 5.62. The quantitative estimate of drug-likeness (QED) is 0.325. The van der Waals surface area contributed by atoms with Crippen LogP contribution in [-0.4, -0.2) is 36.4 Å². The molecule has 0 spiro atoms. The lowest BCUT2D eigenvalue weighted by Crippen LogP contribution is -2.60. The molecule has 0 aliphatic carbocycles. The number of allylic oxidation sites excluding steroid dienone is 1. The second kappa shape index (κ2) is 8.17. The van der Waals surface area contributed by atoms with Crippen molar-refractivity contribution in [3.63, 3.8) is 0 Å². The van der Waals surface area contributed by atoms with Crippen LogP contribution in [0.15, 0.2) is 38.4 Å². The molecular weight excluding hydrogens is 576 g/mol. The van der Waals surface area contributed by atoms with E-state index in [1.54, 1.807) is 0 Å². The van der Waals surface area contributed by atoms with Crippen molar-refractivity contribution < 1.29 is 44.3 Å². The van der Waals surface area contributed by atoms with Crippen molar-refractivity contribution in [2.45, 2.75) is 23.9 Å². The third-order valence-electron chi connectivity index (χ3n) is 3.03. The van der Waals surface area contributed by atoms with E-state index in [1.807, 2.05) is 5.32 Å². The first kappa shape index (κ1) is 24.0. The van der Waals surface area contributed by atoms with Crippen molar-refractivity contribution in [1.29, 1.82) is 0 Å². The molecule has 27 heavy (non-hydrogen) atoms. The molecule has 152 valence electrons. The van der Waals surface area contributed by atoms with Gasteiger partial charge in [0.25, 0.3) is 5.91 Å². The molecule has 0 bridgehead atoms. The number of carbonyl (C=O) groups excluding carboxylic acids is 1. The van der Waals surface area contributed by atoms with E-state index in [4.69, 9.17) is 0 Å². The van der Waals surface area contributed by atoms with Gasteiger partial charge < -0.3 is 5.32 Å². The summed E-state index contributed by atoms with van der Waals surface area (Å²) in [7, 11) is 0. The van der Waals surface area contributed by atoms with E-state index in [-0.39, 0.29) is 5.56 Å². The van der Waals surface area contributed by atoms with Gasteiger partial charge in [0, 0.05) is 26.2 Å². The molecule has 0 saturated carbocycles. The van der Waals surface area contributed by atoms with Crippen molar-refractivity contribution in [3.05, 3.63) is 44.0 Å². The smallest absolute Gasteiger partial charge is 0.348 e. The van der Waals surface area contributed by atoms with Crippen LogP contribution < -0.4 is 5.32 Å². The first-order valence-corrected chi connectivity index (χ1v) is 8.51. The first-order valence-electron chi connectivity index (χ1n) is 6.64. The summed E-state index contributed by atoms with van der Waals surface area (Å²) in [5.41, 5.74) is 0.0723. The summed E-state index contributed by atoms with van der Waals surface area (Å²) in [5, 5.41) is 2.04. The van der Waals surface area contributed by atoms with Gasteiger partial charge in [0.15, 0.2) is 0 Å². The van der Waals surface area contributed by atoms with Gasteiger partial charge in [-0.15, -0.1) is 0 Å². The molecule has 0 atom stereocenters. The van der Waals surface area contributed by atoms with Crippen LogP contribution in [0.5, 0.6) is 0 Å². The molecule has 1 aromatic carbocycles. The van der Waals surface area contributed by atoms with Gasteiger partial charge in [-0.3, -0.25) is 4.79 Å². The number of alkyl halides is 9. The van der Waals surface area contributed by atoms with E-state index in [0.717, 1.165) is 22.6 Å². The summed E-state index contributed by atoms with van der Waals surface area (Å²) in [4.78, 5) is 11.8. The molecule has 1 rings (SSSR count). The minimum absolute atomic E-state index is 0.0723. The molecule has 1 amide bonds. The van der Waals surface area contributed by atoms with Gasteiger partial charge in [-0.2, -0.15) is 39.5 Å². The second-order valence-corrected chi connectivity index (χ2v) is 7.35. The Kier molecular flexibility index (Phi) is 7.28. The number of amides is 1. The van der Waals surface area contributed by atoms with E-state index < -0.39 is 46.1 Å². The zero-order chi connectivity index (χ0) is 21.3. The topological polar surface area (TPSA) is 29.1 Å². The lowest BCUT2D eigenvalue weighted by atomic mass is 10.0. The number of halogens is 11. The Morgan fingerprint density at radius 1 is 0.963 bits per heavy atom. The van der Waals surface area contributed by atoms with E-state index >= 15 is 0 Å². The zero-order valence-corrected chi connectivity index (χ0v) is 16.4. The molecule has 0 aliphatic heterocycles. The molecule has 0 aliphatic rings. The Morgan fingerprint density at radius 2 is 1.44 bits per heavy atom. The summed E-state index contributed by atoms with van der Waals surface area (Å²) < 4.78 is 115. The number of nitrogens with one attached hydrogen (secondary N) is 1. The fourth-order valence-electron chi connectivity index (χ4n) is 1.59. The summed E-state index contributed by atoms with van der Waals surface area (Å²) in [6.45, 7) is -0.793. The van der Waals surface area contributed by atoms with Crippen LogP contribution in [0.3, 0.4) is 0 Å². The predicted molar refractivity (Wildman–Crippen MR) is 89.5 cm³/mol. The summed E-state index contributed by atoms with van der Waals surface area (Å²) in [5.74, 6) is -20.3. The minimum atomic E-state index is -6.96. The summed E-state index contributed by atoms with van der Waals surface area (Å²) >= 11 is 4.11. The number of hydrogen-bond acceptors (Lipinski definition) is 1. The normalized spacial score (nSPS) is 14.3. The maximum absolute atomic E-state index is 13.4. The standard InChI is InChI=1S/C14H8BrF9INO/c15-8-3-1-7(2-4-8)10(27)26-6-9(25)5-11(16,17)12(18,19)13(20,21)14(22,23)24/h1-5H,6H2,(H,26,27). The molecule has 0 heterocycles. The molecule has 1 N–H and O–H groups in total. The van der Waals surface area contributed by atoms with Crippen LogP contribution in [0.25, 0.3) is 0 Å². The van der Waals surface area contributed by atoms with Crippen LogP contribution in [0.2, 0.25) is 0 Å². The highest BCUT2D eigenvalue weighted by Crippen LogP contribution is 2.53. The first-order chi connectivity index (χ1) is 12.0. The maximum Gasteiger partial charge on any atom is 0.460 e. The van der Waals surface area contributed by atoms with Gasteiger partial charge in [-0.25, -0.2) is 0 Å². The van der Waals surface area contributed by atoms with Crippen molar-refractivity contribution in [1.82, 2.24) is 5.32 Å². The number of rotatable bonds is 6. The SMILES string of the molecule is O=C(NCC(I)=CC(F)(F)C(F)(F)C(F)(F)C(F)(F)F)c1ccc(Br)cc1. The van der Waals surface area contributed by atoms with E-state index in [1.165, 1.54) is 24.3 Å². The Balaban J connectivity index is 2.93. The van der Waals surface area contributed by atoms with Gasteiger partial charge in [-0.05, 0) is 46.9 Å². The predicted octanol–water partition coefficient (Wildman–Crippen LogP) is 5.97. The van der Waals surface area contributed by atoms with Crippen LogP contribution in [-0.2, 0) is 0 Å². The van der Waals surface area contributed by atoms with E-state index in [0.29, 0.717) is 4.47 Å². The Bertz CT molecular complexity index is 716. The highest BCUT2D eigenvalue weighted by atomic mass is 127. The molecule has 0 unspecified atom stereocenters. The number of benzene rings is 1. The molecule has 1 aromatic rings. The third kappa shape index (κ3) is 5.29. The molecule has 13 heteroatoms. The fraction of sp³-hybridized carbons (Fsp3) is 0.357. The molecule has 0 radical (unpaired) electrons. The molecular formula is C14H8BrF9INO. The average molecular weight is 584 g/mol. The van der Waals surface area contributed by atoms with Crippen molar-refractivity contribution in [2.75, 3.05) is 6.54 Å². The largest absolute Gasteiger partial charge is 0.460 e. The van der Waals surface area contributed by atoms with Gasteiger partial charge >= 0.3 is 23.9 Å². The maximum atomic E-state index is 13.4. The van der Waals surface area contributed by atoms with E-state index in [9.17, 15) is 44.3 Å². The highest BCUT2D eigenvalue weighted by molar-refractivity contribution is 14.1. The van der Waals surface area contributed by atoms with Gasteiger partial charge in [-0.1, -0.05) is 15.9 Å². The van der Waals surface area contributed by atoms with E-state index in [2.05, 4.69) is 15.9 Å². The minimum Gasteiger partial charge on any atom is -0.348 e. The Hall–Kier alpha value is -0.990. The summed E-state index contributed by atoms with van der Waals surface area (Å²) in [6.07, 6.45) is -7.62. The van der Waals surface area contributed by atoms with Crippen LogP contribution in [0.1, 0.15) is 10.4 Å². The highest BCUT2D eigenvalue weighted by Gasteiger charge is 2.81. The van der Waals surface area contributed by atoms with Crippen molar-refractivity contribution in [3.8, 4) is 0 Å². The Labute approximate surface area is 168 Å². The van der Waals surface area contributed by atoms with Crippen LogP contribution >= 0.6 is 38.5 Å². The Morgan fingerprint density at radius 3 is 1.89 bits per heavy atom. The fourth-order valence-corrected chi connectivity index (χ4v) is 2.44. The molecule has 2 nitrogen and oxygen atoms in total. The lowest BCUT2D eigenvalue weighted by molar-refractivity contribution is -0.388. The average Bonchev–Trinajstić information content (AvgIpc) is 2.51. The number of carbonyl (C=O) groups is 1. The molecule has 0 saturated heterocycles. The second-order valence-electron chi connectivity index (χ2n) is 5.05. The molecule has 0 aromatic heterocycles. The third-order valence-corrected chi connectivity index (χ3v) is 4.25. The molecule has 0 fully saturated rings. The van der Waals surface area contributed by atoms with Gasteiger partial charge in [0.1, 0.15) is 0 Å². The monoisotopic (exact) mass is 583 g/mol. The zero-order valence-electron chi connectivity index (χ0n) is 12.7. The van der Waals surface area contributed by atoms with Gasteiger partial charge in [0.2, 0.25) is 0 Å². The number of hydrogen-bond donors (Lipinski definition) is 1. The van der Waals surface area contributed by atoms with Gasteiger partial charge in [0.05, 0.1) is 0 Å². The van der Waals surface area contributed by atoms with Crippen LogP contribution in [0, 0.1) is 0 Å². The van der Waals surface area contributed by atoms with Crippen LogP contribution in [0.4, 0.5) is 39.5 Å².